The molecule has 0 atom stereocenters. The lowest BCUT2D eigenvalue weighted by Crippen LogP contribution is -2.18. The van der Waals surface area contributed by atoms with Gasteiger partial charge in [-0.2, -0.15) is 0 Å². The second kappa shape index (κ2) is 3.94. The molecule has 0 spiro atoms. The van der Waals surface area contributed by atoms with E-state index in [1.54, 1.807) is 12.1 Å². The van der Waals surface area contributed by atoms with Crippen molar-refractivity contribution in [2.24, 2.45) is 5.14 Å². The van der Waals surface area contributed by atoms with Crippen molar-refractivity contribution in [1.82, 2.24) is 0 Å². The molecule has 0 unspecified atom stereocenters. The average molecular weight is 227 g/mol. The zero-order valence-electron chi connectivity index (χ0n) is 9.32. The van der Waals surface area contributed by atoms with Crippen molar-refractivity contribution in [3.8, 4) is 0 Å². The Morgan fingerprint density at radius 1 is 1.33 bits per heavy atom. The number of nitrogens with two attached hydrogens (primary N) is 1. The summed E-state index contributed by atoms with van der Waals surface area (Å²) in [5.41, 5.74) is 0.970. The third-order valence-corrected chi connectivity index (χ3v) is 3.74. The molecule has 0 fully saturated rings. The van der Waals surface area contributed by atoms with Crippen LogP contribution in [0.4, 0.5) is 0 Å². The van der Waals surface area contributed by atoms with Gasteiger partial charge < -0.3 is 0 Å². The summed E-state index contributed by atoms with van der Waals surface area (Å²) in [6.45, 7) is 6.23. The Hall–Kier alpha value is -0.870. The van der Waals surface area contributed by atoms with Gasteiger partial charge in [-0.25, -0.2) is 13.6 Å². The summed E-state index contributed by atoms with van der Waals surface area (Å²) in [6, 6.07) is 6.83. The minimum Gasteiger partial charge on any atom is -0.225 e. The fraction of sp³-hybridized carbons (Fsp3) is 0.455. The highest BCUT2D eigenvalue weighted by Crippen LogP contribution is 2.27. The topological polar surface area (TPSA) is 60.2 Å². The van der Waals surface area contributed by atoms with Gasteiger partial charge in [0.2, 0.25) is 10.0 Å². The van der Waals surface area contributed by atoms with Crippen molar-refractivity contribution < 1.29 is 8.42 Å². The first-order valence-electron chi connectivity index (χ1n) is 4.91. The minimum absolute atomic E-state index is 0.0271. The van der Waals surface area contributed by atoms with E-state index in [0.29, 0.717) is 0 Å². The molecule has 0 aliphatic carbocycles. The van der Waals surface area contributed by atoms with Crippen molar-refractivity contribution in [2.45, 2.75) is 37.5 Å². The third-order valence-electron chi connectivity index (χ3n) is 2.83. The Morgan fingerprint density at radius 3 is 2.40 bits per heavy atom. The summed E-state index contributed by atoms with van der Waals surface area (Å²) < 4.78 is 22.4. The molecular weight excluding hydrogens is 210 g/mol. The van der Waals surface area contributed by atoms with E-state index in [0.717, 1.165) is 12.0 Å². The van der Waals surface area contributed by atoms with Crippen LogP contribution in [-0.4, -0.2) is 8.42 Å². The summed E-state index contributed by atoms with van der Waals surface area (Å²) in [5, 5.41) is 5.08. The maximum atomic E-state index is 11.2. The van der Waals surface area contributed by atoms with E-state index in [-0.39, 0.29) is 10.3 Å². The first-order chi connectivity index (χ1) is 6.77. The molecule has 0 aliphatic rings. The molecule has 15 heavy (non-hydrogen) atoms. The van der Waals surface area contributed by atoms with Gasteiger partial charge >= 0.3 is 0 Å². The van der Waals surface area contributed by atoms with Gasteiger partial charge in [0.25, 0.3) is 0 Å². The number of rotatable bonds is 3. The summed E-state index contributed by atoms with van der Waals surface area (Å²) in [5.74, 6) is 0. The predicted molar refractivity (Wildman–Crippen MR) is 61.1 cm³/mol. The molecule has 0 saturated carbocycles. The van der Waals surface area contributed by atoms with Crippen LogP contribution in [0.25, 0.3) is 0 Å². The van der Waals surface area contributed by atoms with Gasteiger partial charge in [-0.05, 0) is 29.5 Å². The molecule has 1 aromatic carbocycles. The quantitative estimate of drug-likeness (QED) is 0.858. The zero-order valence-corrected chi connectivity index (χ0v) is 10.1. The Balaban J connectivity index is 3.26. The van der Waals surface area contributed by atoms with E-state index >= 15 is 0 Å². The second-order valence-corrected chi connectivity index (χ2v) is 5.87. The molecule has 1 rings (SSSR count). The first kappa shape index (κ1) is 12.2. The molecule has 2 N–H and O–H groups in total. The van der Waals surface area contributed by atoms with E-state index < -0.39 is 10.0 Å². The number of sulfonamides is 1. The summed E-state index contributed by atoms with van der Waals surface area (Å²) in [7, 11) is -3.59. The molecule has 84 valence electrons. The predicted octanol–water partition coefficient (Wildman–Crippen LogP) is 2.02. The smallest absolute Gasteiger partial charge is 0.225 e. The highest BCUT2D eigenvalue weighted by Gasteiger charge is 2.19. The SMILES string of the molecule is CCC(C)(C)c1cccc(S(N)(=O)=O)c1. The Kier molecular flexibility index (Phi) is 3.21. The minimum atomic E-state index is -3.59. The molecule has 0 amide bonds. The highest BCUT2D eigenvalue weighted by molar-refractivity contribution is 7.89. The van der Waals surface area contributed by atoms with Gasteiger partial charge in [-0.3, -0.25) is 0 Å². The number of benzene rings is 1. The number of primary sulfonamides is 1. The van der Waals surface area contributed by atoms with Crippen molar-refractivity contribution >= 4 is 10.0 Å². The lowest BCUT2D eigenvalue weighted by atomic mass is 9.82. The van der Waals surface area contributed by atoms with Crippen LogP contribution >= 0.6 is 0 Å². The molecule has 0 bridgehead atoms. The molecule has 0 aromatic heterocycles. The second-order valence-electron chi connectivity index (χ2n) is 4.31. The number of hydrogen-bond acceptors (Lipinski definition) is 2. The van der Waals surface area contributed by atoms with Crippen molar-refractivity contribution in [2.75, 3.05) is 0 Å². The summed E-state index contributed by atoms with van der Waals surface area (Å²) >= 11 is 0. The average Bonchev–Trinajstić information content (AvgIpc) is 2.17. The molecule has 3 nitrogen and oxygen atoms in total. The van der Waals surface area contributed by atoms with Gasteiger partial charge in [0.05, 0.1) is 4.90 Å². The van der Waals surface area contributed by atoms with Gasteiger partial charge in [0.15, 0.2) is 0 Å². The van der Waals surface area contributed by atoms with Crippen molar-refractivity contribution in [3.05, 3.63) is 29.8 Å². The monoisotopic (exact) mass is 227 g/mol. The summed E-state index contributed by atoms with van der Waals surface area (Å²) in [6.07, 6.45) is 0.946. The van der Waals surface area contributed by atoms with E-state index in [1.807, 2.05) is 6.07 Å². The fourth-order valence-electron chi connectivity index (χ4n) is 1.30. The molecule has 1 aromatic rings. The van der Waals surface area contributed by atoms with E-state index in [1.165, 1.54) is 6.07 Å². The molecular formula is C11H17NO2S. The molecule has 0 saturated heterocycles. The van der Waals surface area contributed by atoms with Crippen LogP contribution in [0.3, 0.4) is 0 Å². The van der Waals surface area contributed by atoms with Gasteiger partial charge in [0.1, 0.15) is 0 Å². The van der Waals surface area contributed by atoms with Gasteiger partial charge in [-0.1, -0.05) is 32.9 Å². The van der Waals surface area contributed by atoms with E-state index in [9.17, 15) is 8.42 Å². The van der Waals surface area contributed by atoms with E-state index in [2.05, 4.69) is 20.8 Å². The van der Waals surface area contributed by atoms with Crippen LogP contribution < -0.4 is 5.14 Å². The van der Waals surface area contributed by atoms with Crippen LogP contribution in [0, 0.1) is 0 Å². The number of hydrogen-bond donors (Lipinski definition) is 1. The van der Waals surface area contributed by atoms with Crippen LogP contribution in [-0.2, 0) is 15.4 Å². The first-order valence-corrected chi connectivity index (χ1v) is 6.45. The highest BCUT2D eigenvalue weighted by atomic mass is 32.2. The standard InChI is InChI=1S/C11H17NO2S/c1-4-11(2,3)9-6-5-7-10(8-9)15(12,13)14/h5-8H,4H2,1-3H3,(H2,12,13,14). The Bertz CT molecular complexity index is 449. The Morgan fingerprint density at radius 2 is 1.93 bits per heavy atom. The van der Waals surface area contributed by atoms with Gasteiger partial charge in [-0.15, -0.1) is 0 Å². The molecule has 0 radical (unpaired) electrons. The maximum Gasteiger partial charge on any atom is 0.238 e. The van der Waals surface area contributed by atoms with Crippen LogP contribution in [0.5, 0.6) is 0 Å². The molecule has 0 aliphatic heterocycles. The molecule has 4 heteroatoms. The van der Waals surface area contributed by atoms with Crippen LogP contribution in [0.1, 0.15) is 32.8 Å². The van der Waals surface area contributed by atoms with Crippen LogP contribution in [0.2, 0.25) is 0 Å². The van der Waals surface area contributed by atoms with Crippen molar-refractivity contribution in [1.29, 1.82) is 0 Å². The normalized spacial score (nSPS) is 12.8. The van der Waals surface area contributed by atoms with Crippen molar-refractivity contribution in [3.63, 3.8) is 0 Å². The summed E-state index contributed by atoms with van der Waals surface area (Å²) in [4.78, 5) is 0.182. The molecule has 0 heterocycles. The van der Waals surface area contributed by atoms with Gasteiger partial charge in [0, 0.05) is 0 Å². The lowest BCUT2D eigenvalue weighted by molar-refractivity contribution is 0.505. The lowest BCUT2D eigenvalue weighted by Gasteiger charge is -2.23. The third kappa shape index (κ3) is 2.79. The Labute approximate surface area is 91.4 Å². The maximum absolute atomic E-state index is 11.2. The zero-order chi connectivity index (χ0) is 11.7. The van der Waals surface area contributed by atoms with Crippen LogP contribution in [0.15, 0.2) is 29.2 Å². The largest absolute Gasteiger partial charge is 0.238 e. The fourth-order valence-corrected chi connectivity index (χ4v) is 1.86. The van der Waals surface area contributed by atoms with E-state index in [4.69, 9.17) is 5.14 Å².